The molecule has 0 aliphatic heterocycles. The highest BCUT2D eigenvalue weighted by Crippen LogP contribution is 2.21. The molecule has 0 spiro atoms. The lowest BCUT2D eigenvalue weighted by Gasteiger charge is -2.20. The van der Waals surface area contributed by atoms with Crippen molar-refractivity contribution in [1.29, 1.82) is 0 Å². The Kier molecular flexibility index (Phi) is 4.76. The summed E-state index contributed by atoms with van der Waals surface area (Å²) < 4.78 is 7.16. The molecule has 0 radical (unpaired) electrons. The van der Waals surface area contributed by atoms with E-state index in [9.17, 15) is 0 Å². The maximum Gasteiger partial charge on any atom is 0.118 e. The molecule has 0 amide bonds. The number of hydrogen-bond donors (Lipinski definition) is 2. The van der Waals surface area contributed by atoms with Crippen molar-refractivity contribution in [2.75, 3.05) is 7.11 Å². The summed E-state index contributed by atoms with van der Waals surface area (Å²) in [6, 6.07) is 10.4. The standard InChI is InChI=1S/C15H22N4O/c1-11(2)19-15(8-9-17-19)14(18-16)10-12-4-6-13(20-3)7-5-12/h4-9,11,14,18H,10,16H2,1-3H3. The molecule has 20 heavy (non-hydrogen) atoms. The molecule has 1 unspecified atom stereocenters. The minimum Gasteiger partial charge on any atom is -0.497 e. The molecular weight excluding hydrogens is 252 g/mol. The predicted octanol–water partition coefficient (Wildman–Crippen LogP) is 2.22. The van der Waals surface area contributed by atoms with Gasteiger partial charge in [0.2, 0.25) is 0 Å². The van der Waals surface area contributed by atoms with E-state index >= 15 is 0 Å². The second kappa shape index (κ2) is 6.54. The van der Waals surface area contributed by atoms with E-state index in [1.165, 1.54) is 5.56 Å². The molecule has 1 heterocycles. The summed E-state index contributed by atoms with van der Waals surface area (Å²) in [4.78, 5) is 0. The lowest BCUT2D eigenvalue weighted by Crippen LogP contribution is -2.31. The van der Waals surface area contributed by atoms with Crippen molar-refractivity contribution in [2.24, 2.45) is 5.84 Å². The Labute approximate surface area is 119 Å². The van der Waals surface area contributed by atoms with Crippen molar-refractivity contribution < 1.29 is 4.74 Å². The molecule has 0 aliphatic carbocycles. The maximum absolute atomic E-state index is 5.72. The average molecular weight is 274 g/mol. The van der Waals surface area contributed by atoms with Gasteiger partial charge in [0.25, 0.3) is 0 Å². The second-order valence-corrected chi connectivity index (χ2v) is 5.07. The molecule has 1 aromatic heterocycles. The number of rotatable bonds is 6. The molecule has 1 atom stereocenters. The van der Waals surface area contributed by atoms with Gasteiger partial charge < -0.3 is 4.74 Å². The highest BCUT2D eigenvalue weighted by atomic mass is 16.5. The number of ether oxygens (including phenoxy) is 1. The number of aromatic nitrogens is 2. The Morgan fingerprint density at radius 3 is 2.50 bits per heavy atom. The Bertz CT molecular complexity index is 533. The third kappa shape index (κ3) is 3.18. The molecular formula is C15H22N4O. The second-order valence-electron chi connectivity index (χ2n) is 5.07. The summed E-state index contributed by atoms with van der Waals surface area (Å²) >= 11 is 0. The van der Waals surface area contributed by atoms with Crippen LogP contribution in [0.15, 0.2) is 36.5 Å². The largest absolute Gasteiger partial charge is 0.497 e. The fourth-order valence-corrected chi connectivity index (χ4v) is 2.28. The SMILES string of the molecule is COc1ccc(CC(NN)c2ccnn2C(C)C)cc1. The van der Waals surface area contributed by atoms with Crippen LogP contribution in [0.1, 0.15) is 37.2 Å². The molecule has 0 fully saturated rings. The van der Waals surface area contributed by atoms with Gasteiger partial charge in [-0.2, -0.15) is 5.10 Å². The first-order valence-electron chi connectivity index (χ1n) is 6.78. The van der Waals surface area contributed by atoms with E-state index in [4.69, 9.17) is 10.6 Å². The van der Waals surface area contributed by atoms with Crippen LogP contribution >= 0.6 is 0 Å². The zero-order chi connectivity index (χ0) is 14.5. The zero-order valence-electron chi connectivity index (χ0n) is 12.2. The van der Waals surface area contributed by atoms with Gasteiger partial charge in [0.15, 0.2) is 0 Å². The van der Waals surface area contributed by atoms with Crippen molar-refractivity contribution in [2.45, 2.75) is 32.4 Å². The first-order chi connectivity index (χ1) is 9.65. The molecule has 2 rings (SSSR count). The normalized spacial score (nSPS) is 12.7. The fourth-order valence-electron chi connectivity index (χ4n) is 2.28. The quantitative estimate of drug-likeness (QED) is 0.626. The first kappa shape index (κ1) is 14.6. The highest BCUT2D eigenvalue weighted by molar-refractivity contribution is 5.28. The highest BCUT2D eigenvalue weighted by Gasteiger charge is 2.16. The Morgan fingerprint density at radius 2 is 1.95 bits per heavy atom. The molecule has 0 bridgehead atoms. The van der Waals surface area contributed by atoms with Gasteiger partial charge in [0, 0.05) is 12.2 Å². The summed E-state index contributed by atoms with van der Waals surface area (Å²) in [5.41, 5.74) is 5.18. The minimum atomic E-state index is 0.0355. The van der Waals surface area contributed by atoms with Crippen molar-refractivity contribution in [3.8, 4) is 5.75 Å². The van der Waals surface area contributed by atoms with Crippen LogP contribution in [0.4, 0.5) is 0 Å². The number of hydrazine groups is 1. The van der Waals surface area contributed by atoms with Crippen LogP contribution in [0.3, 0.4) is 0 Å². The van der Waals surface area contributed by atoms with Gasteiger partial charge in [-0.05, 0) is 44.0 Å². The van der Waals surface area contributed by atoms with Gasteiger partial charge in [-0.3, -0.25) is 16.0 Å². The van der Waals surface area contributed by atoms with Gasteiger partial charge in [-0.15, -0.1) is 0 Å². The Hall–Kier alpha value is -1.85. The number of hydrogen-bond acceptors (Lipinski definition) is 4. The third-order valence-electron chi connectivity index (χ3n) is 3.35. The van der Waals surface area contributed by atoms with Crippen molar-refractivity contribution in [1.82, 2.24) is 15.2 Å². The summed E-state index contributed by atoms with van der Waals surface area (Å²) in [6.45, 7) is 4.22. The monoisotopic (exact) mass is 274 g/mol. The fraction of sp³-hybridized carbons (Fsp3) is 0.400. The summed E-state index contributed by atoms with van der Waals surface area (Å²) in [7, 11) is 1.67. The van der Waals surface area contributed by atoms with Gasteiger partial charge in [-0.1, -0.05) is 12.1 Å². The molecule has 5 heteroatoms. The molecule has 5 nitrogen and oxygen atoms in total. The number of nitrogens with zero attached hydrogens (tertiary/aromatic N) is 2. The number of nitrogens with two attached hydrogens (primary N) is 1. The first-order valence-corrected chi connectivity index (χ1v) is 6.78. The summed E-state index contributed by atoms with van der Waals surface area (Å²) in [5, 5.41) is 4.35. The topological polar surface area (TPSA) is 65.1 Å². The van der Waals surface area contributed by atoms with Gasteiger partial charge >= 0.3 is 0 Å². The molecule has 0 saturated heterocycles. The molecule has 0 aliphatic rings. The Balaban J connectivity index is 2.17. The van der Waals surface area contributed by atoms with Crippen LogP contribution in [0.5, 0.6) is 5.75 Å². The van der Waals surface area contributed by atoms with Crippen LogP contribution in [-0.2, 0) is 6.42 Å². The Morgan fingerprint density at radius 1 is 1.25 bits per heavy atom. The van der Waals surface area contributed by atoms with E-state index in [0.29, 0.717) is 6.04 Å². The molecule has 108 valence electrons. The van der Waals surface area contributed by atoms with Crippen LogP contribution < -0.4 is 16.0 Å². The van der Waals surface area contributed by atoms with Gasteiger partial charge in [0.1, 0.15) is 5.75 Å². The van der Waals surface area contributed by atoms with Gasteiger partial charge in [0.05, 0.1) is 18.8 Å². The van der Waals surface area contributed by atoms with Crippen LogP contribution in [0.2, 0.25) is 0 Å². The van der Waals surface area contributed by atoms with Crippen molar-refractivity contribution in [3.05, 3.63) is 47.8 Å². The lowest BCUT2D eigenvalue weighted by molar-refractivity contribution is 0.414. The van der Waals surface area contributed by atoms with E-state index in [1.807, 2.05) is 29.1 Å². The number of nitrogens with one attached hydrogen (secondary N) is 1. The zero-order valence-corrected chi connectivity index (χ0v) is 12.2. The summed E-state index contributed by atoms with van der Waals surface area (Å²) in [6.07, 6.45) is 2.62. The molecule has 1 aromatic carbocycles. The van der Waals surface area contributed by atoms with E-state index in [2.05, 4.69) is 36.5 Å². The van der Waals surface area contributed by atoms with E-state index < -0.39 is 0 Å². The number of benzene rings is 1. The van der Waals surface area contributed by atoms with Crippen LogP contribution in [0, 0.1) is 0 Å². The van der Waals surface area contributed by atoms with Gasteiger partial charge in [-0.25, -0.2) is 0 Å². The van der Waals surface area contributed by atoms with Crippen LogP contribution in [0.25, 0.3) is 0 Å². The number of methoxy groups -OCH3 is 1. The maximum atomic E-state index is 5.72. The van der Waals surface area contributed by atoms with E-state index in [0.717, 1.165) is 17.9 Å². The summed E-state index contributed by atoms with van der Waals surface area (Å²) in [5.74, 6) is 6.58. The third-order valence-corrected chi connectivity index (χ3v) is 3.35. The minimum absolute atomic E-state index is 0.0355. The smallest absolute Gasteiger partial charge is 0.118 e. The van der Waals surface area contributed by atoms with E-state index in [-0.39, 0.29) is 6.04 Å². The molecule has 0 saturated carbocycles. The van der Waals surface area contributed by atoms with Crippen LogP contribution in [-0.4, -0.2) is 16.9 Å². The lowest BCUT2D eigenvalue weighted by atomic mass is 10.0. The average Bonchev–Trinajstić information content (AvgIpc) is 2.95. The predicted molar refractivity (Wildman–Crippen MR) is 79.4 cm³/mol. The van der Waals surface area contributed by atoms with E-state index in [1.54, 1.807) is 7.11 Å². The van der Waals surface area contributed by atoms with Crippen molar-refractivity contribution >= 4 is 0 Å². The molecule has 2 aromatic rings. The molecule has 3 N–H and O–H groups in total. The van der Waals surface area contributed by atoms with Crippen molar-refractivity contribution in [3.63, 3.8) is 0 Å².